The molecule has 0 unspecified atom stereocenters. The summed E-state index contributed by atoms with van der Waals surface area (Å²) in [5, 5.41) is 2.68. The van der Waals surface area contributed by atoms with E-state index in [2.05, 4.69) is 5.32 Å². The van der Waals surface area contributed by atoms with Crippen molar-refractivity contribution in [3.63, 3.8) is 0 Å². The van der Waals surface area contributed by atoms with E-state index in [0.717, 1.165) is 5.56 Å². The van der Waals surface area contributed by atoms with Crippen molar-refractivity contribution in [3.05, 3.63) is 59.2 Å². The van der Waals surface area contributed by atoms with Crippen LogP contribution in [0.5, 0.6) is 5.75 Å². The first kappa shape index (κ1) is 14.6. The van der Waals surface area contributed by atoms with Gasteiger partial charge in [0.15, 0.2) is 0 Å². The maximum Gasteiger partial charge on any atom is 0.255 e. The van der Waals surface area contributed by atoms with Crippen molar-refractivity contribution < 1.29 is 14.3 Å². The number of ether oxygens (including phenoxy) is 1. The SMILES string of the molecule is COc1cc(C(=O)Nc2ccccc2C(N)=O)ccc1C. The Balaban J connectivity index is 2.28. The third-order valence-electron chi connectivity index (χ3n) is 3.11. The maximum absolute atomic E-state index is 12.2. The van der Waals surface area contributed by atoms with Crippen LogP contribution < -0.4 is 15.8 Å². The van der Waals surface area contributed by atoms with Gasteiger partial charge in [-0.25, -0.2) is 0 Å². The first-order valence-corrected chi connectivity index (χ1v) is 6.37. The van der Waals surface area contributed by atoms with E-state index in [4.69, 9.17) is 10.5 Å². The quantitative estimate of drug-likeness (QED) is 0.904. The molecule has 5 heteroatoms. The standard InChI is InChI=1S/C16H16N2O3/c1-10-7-8-11(9-14(10)21-2)16(20)18-13-6-4-3-5-12(13)15(17)19/h3-9H,1-2H3,(H2,17,19)(H,18,20). The van der Waals surface area contributed by atoms with Gasteiger partial charge in [0.2, 0.25) is 0 Å². The summed E-state index contributed by atoms with van der Waals surface area (Å²) in [6.45, 7) is 1.89. The van der Waals surface area contributed by atoms with Crippen LogP contribution in [0.25, 0.3) is 0 Å². The lowest BCUT2D eigenvalue weighted by Crippen LogP contribution is -2.18. The number of methoxy groups -OCH3 is 1. The molecule has 2 aromatic carbocycles. The van der Waals surface area contributed by atoms with Gasteiger partial charge in [-0.05, 0) is 36.8 Å². The van der Waals surface area contributed by atoms with Gasteiger partial charge in [0.1, 0.15) is 5.75 Å². The molecule has 0 bridgehead atoms. The maximum atomic E-state index is 12.2. The predicted octanol–water partition coefficient (Wildman–Crippen LogP) is 2.35. The van der Waals surface area contributed by atoms with Crippen LogP contribution >= 0.6 is 0 Å². The number of hydrogen-bond acceptors (Lipinski definition) is 3. The highest BCUT2D eigenvalue weighted by Crippen LogP contribution is 2.21. The number of rotatable bonds is 4. The normalized spacial score (nSPS) is 10.0. The fraction of sp³-hybridized carbons (Fsp3) is 0.125. The van der Waals surface area contributed by atoms with Crippen molar-refractivity contribution in [2.24, 2.45) is 5.73 Å². The Morgan fingerprint density at radius 3 is 2.52 bits per heavy atom. The number of carbonyl (C=O) groups excluding carboxylic acids is 2. The largest absolute Gasteiger partial charge is 0.496 e. The molecule has 0 aromatic heterocycles. The molecule has 2 rings (SSSR count). The summed E-state index contributed by atoms with van der Waals surface area (Å²) < 4.78 is 5.19. The van der Waals surface area contributed by atoms with E-state index in [0.29, 0.717) is 17.0 Å². The summed E-state index contributed by atoms with van der Waals surface area (Å²) in [4.78, 5) is 23.6. The lowest BCUT2D eigenvalue weighted by molar-refractivity contribution is 0.100. The van der Waals surface area contributed by atoms with E-state index in [-0.39, 0.29) is 11.5 Å². The van der Waals surface area contributed by atoms with Crippen molar-refractivity contribution in [2.75, 3.05) is 12.4 Å². The van der Waals surface area contributed by atoms with Crippen molar-refractivity contribution in [3.8, 4) is 5.75 Å². The van der Waals surface area contributed by atoms with Crippen molar-refractivity contribution in [1.29, 1.82) is 0 Å². The smallest absolute Gasteiger partial charge is 0.255 e. The van der Waals surface area contributed by atoms with Gasteiger partial charge in [0.25, 0.3) is 11.8 Å². The van der Waals surface area contributed by atoms with E-state index in [1.807, 2.05) is 6.92 Å². The summed E-state index contributed by atoms with van der Waals surface area (Å²) in [7, 11) is 1.55. The summed E-state index contributed by atoms with van der Waals surface area (Å²) in [5.74, 6) is -0.291. The number of nitrogens with one attached hydrogen (secondary N) is 1. The van der Waals surface area contributed by atoms with Crippen LogP contribution in [0.15, 0.2) is 42.5 Å². The molecule has 0 saturated carbocycles. The highest BCUT2D eigenvalue weighted by atomic mass is 16.5. The van der Waals surface area contributed by atoms with E-state index < -0.39 is 5.91 Å². The number of anilines is 1. The van der Waals surface area contributed by atoms with Gasteiger partial charge in [-0.1, -0.05) is 18.2 Å². The first-order chi connectivity index (χ1) is 10.0. The molecule has 0 aliphatic heterocycles. The van der Waals surface area contributed by atoms with Crippen LogP contribution in [-0.4, -0.2) is 18.9 Å². The zero-order valence-electron chi connectivity index (χ0n) is 11.8. The number of aryl methyl sites for hydroxylation is 1. The summed E-state index contributed by atoms with van der Waals surface area (Å²) in [6, 6.07) is 11.7. The second kappa shape index (κ2) is 6.09. The van der Waals surface area contributed by atoms with Gasteiger partial charge < -0.3 is 15.8 Å². The van der Waals surface area contributed by atoms with E-state index in [1.165, 1.54) is 0 Å². The third kappa shape index (κ3) is 3.20. The minimum absolute atomic E-state index is 0.268. The van der Waals surface area contributed by atoms with Crippen LogP contribution in [0.4, 0.5) is 5.69 Å². The average Bonchev–Trinajstić information content (AvgIpc) is 2.48. The van der Waals surface area contributed by atoms with Crippen LogP contribution in [0.2, 0.25) is 0 Å². The van der Waals surface area contributed by atoms with Gasteiger partial charge in [-0.15, -0.1) is 0 Å². The lowest BCUT2D eigenvalue weighted by Gasteiger charge is -2.10. The highest BCUT2D eigenvalue weighted by Gasteiger charge is 2.13. The lowest BCUT2D eigenvalue weighted by atomic mass is 10.1. The Bertz CT molecular complexity index is 696. The second-order valence-corrected chi connectivity index (χ2v) is 4.55. The molecule has 0 aliphatic rings. The van der Waals surface area contributed by atoms with Gasteiger partial charge >= 0.3 is 0 Å². The number of carbonyl (C=O) groups is 2. The molecule has 0 atom stereocenters. The van der Waals surface area contributed by atoms with Crippen LogP contribution in [0, 0.1) is 6.92 Å². The van der Waals surface area contributed by atoms with Crippen LogP contribution in [-0.2, 0) is 0 Å². The van der Waals surface area contributed by atoms with Crippen molar-refractivity contribution in [2.45, 2.75) is 6.92 Å². The predicted molar refractivity (Wildman–Crippen MR) is 80.6 cm³/mol. The molecule has 0 spiro atoms. The Kier molecular flexibility index (Phi) is 4.23. The third-order valence-corrected chi connectivity index (χ3v) is 3.11. The monoisotopic (exact) mass is 284 g/mol. The Morgan fingerprint density at radius 1 is 1.14 bits per heavy atom. The molecule has 0 heterocycles. The number of primary amides is 1. The van der Waals surface area contributed by atoms with E-state index in [9.17, 15) is 9.59 Å². The molecule has 0 aliphatic carbocycles. The van der Waals surface area contributed by atoms with Gasteiger partial charge in [0.05, 0.1) is 18.4 Å². The van der Waals surface area contributed by atoms with Crippen LogP contribution in [0.1, 0.15) is 26.3 Å². The topological polar surface area (TPSA) is 81.4 Å². The number of para-hydroxylation sites is 1. The minimum Gasteiger partial charge on any atom is -0.496 e. The molecule has 21 heavy (non-hydrogen) atoms. The Hall–Kier alpha value is -2.82. The van der Waals surface area contributed by atoms with E-state index in [1.54, 1.807) is 49.6 Å². The van der Waals surface area contributed by atoms with Crippen molar-refractivity contribution in [1.82, 2.24) is 0 Å². The number of hydrogen-bond donors (Lipinski definition) is 2. The molecule has 0 radical (unpaired) electrons. The van der Waals surface area contributed by atoms with Gasteiger partial charge in [-0.2, -0.15) is 0 Å². The summed E-state index contributed by atoms with van der Waals surface area (Å²) in [6.07, 6.45) is 0. The molecule has 5 nitrogen and oxygen atoms in total. The fourth-order valence-electron chi connectivity index (χ4n) is 1.96. The first-order valence-electron chi connectivity index (χ1n) is 6.37. The Morgan fingerprint density at radius 2 is 1.86 bits per heavy atom. The number of amides is 2. The zero-order valence-corrected chi connectivity index (χ0v) is 11.8. The van der Waals surface area contributed by atoms with Gasteiger partial charge in [-0.3, -0.25) is 9.59 Å². The molecule has 2 aromatic rings. The van der Waals surface area contributed by atoms with Gasteiger partial charge in [0, 0.05) is 5.56 Å². The summed E-state index contributed by atoms with van der Waals surface area (Å²) in [5.41, 5.74) is 7.31. The molecule has 2 amide bonds. The molecular formula is C16H16N2O3. The van der Waals surface area contributed by atoms with Crippen molar-refractivity contribution >= 4 is 17.5 Å². The number of benzene rings is 2. The van der Waals surface area contributed by atoms with E-state index >= 15 is 0 Å². The molecule has 0 saturated heterocycles. The zero-order chi connectivity index (χ0) is 15.4. The van der Waals surface area contributed by atoms with Crippen LogP contribution in [0.3, 0.4) is 0 Å². The fourth-order valence-corrected chi connectivity index (χ4v) is 1.96. The molecule has 108 valence electrons. The molecular weight excluding hydrogens is 268 g/mol. The molecule has 0 fully saturated rings. The number of nitrogens with two attached hydrogens (primary N) is 1. The minimum atomic E-state index is -0.590. The average molecular weight is 284 g/mol. The molecule has 3 N–H and O–H groups in total. The second-order valence-electron chi connectivity index (χ2n) is 4.55. The highest BCUT2D eigenvalue weighted by molar-refractivity contribution is 6.08. The Labute approximate surface area is 122 Å². The summed E-state index contributed by atoms with van der Waals surface area (Å²) >= 11 is 0.